The van der Waals surface area contributed by atoms with Gasteiger partial charge in [-0.15, -0.1) is 11.3 Å². The van der Waals surface area contributed by atoms with Crippen molar-refractivity contribution in [2.45, 2.75) is 33.1 Å². The van der Waals surface area contributed by atoms with Crippen LogP contribution in [0.25, 0.3) is 10.2 Å². The second-order valence-corrected chi connectivity index (χ2v) is 8.52. The summed E-state index contributed by atoms with van der Waals surface area (Å²) in [7, 11) is 0. The highest BCUT2D eigenvalue weighted by atomic mass is 35.5. The summed E-state index contributed by atoms with van der Waals surface area (Å²) in [6.45, 7) is 4.07. The number of aromatic nitrogens is 2. The highest BCUT2D eigenvalue weighted by Gasteiger charge is 2.23. The molecule has 0 aliphatic heterocycles. The van der Waals surface area contributed by atoms with Crippen molar-refractivity contribution in [1.82, 2.24) is 9.97 Å². The van der Waals surface area contributed by atoms with Crippen LogP contribution in [-0.4, -0.2) is 22.5 Å². The summed E-state index contributed by atoms with van der Waals surface area (Å²) in [5.41, 5.74) is 2.18. The Morgan fingerprint density at radius 1 is 1.41 bits per heavy atom. The maximum absolute atomic E-state index is 12.4. The molecule has 5 nitrogen and oxygen atoms in total. The number of ether oxygens (including phenoxy) is 1. The lowest BCUT2D eigenvalue weighted by Crippen LogP contribution is -2.21. The number of benzene rings is 1. The largest absolute Gasteiger partial charge is 0.483 e. The predicted octanol–water partition coefficient (Wildman–Crippen LogP) is 4.80. The standard InChI is InChI=1S/C20H20ClN3O2S/c1-11-3-6-16-14(7-11)18-19(22-10-23-20(18)27-16)24-17(25)9-26-15-5-4-13(21)8-12(15)2/h4-5,8,10-11H,3,6-7,9H2,1-2H3,(H,22,23,24,25)/t11-/m0/s1. The number of thiophene rings is 1. The Kier molecular flexibility index (Phi) is 5.02. The Bertz CT molecular complexity index is 1020. The van der Waals surface area contributed by atoms with Crippen LogP contribution in [0.15, 0.2) is 24.5 Å². The molecule has 3 aromatic rings. The molecule has 0 radical (unpaired) electrons. The van der Waals surface area contributed by atoms with Crippen LogP contribution in [0.1, 0.15) is 29.3 Å². The Labute approximate surface area is 166 Å². The van der Waals surface area contributed by atoms with Crippen LogP contribution in [-0.2, 0) is 17.6 Å². The van der Waals surface area contributed by atoms with E-state index in [4.69, 9.17) is 16.3 Å². The van der Waals surface area contributed by atoms with Crippen LogP contribution in [0, 0.1) is 12.8 Å². The minimum atomic E-state index is -0.242. The van der Waals surface area contributed by atoms with Gasteiger partial charge in [-0.1, -0.05) is 18.5 Å². The SMILES string of the molecule is Cc1cc(Cl)ccc1OCC(=O)Nc1ncnc2sc3c(c12)C[C@@H](C)CC3. The number of hydrogen-bond donors (Lipinski definition) is 1. The highest BCUT2D eigenvalue weighted by molar-refractivity contribution is 7.19. The number of halogens is 1. The van der Waals surface area contributed by atoms with Gasteiger partial charge in [0.15, 0.2) is 6.61 Å². The summed E-state index contributed by atoms with van der Waals surface area (Å²) in [6, 6.07) is 5.32. The molecule has 0 unspecified atom stereocenters. The number of aryl methyl sites for hydroxylation is 2. The van der Waals surface area contributed by atoms with Crippen molar-refractivity contribution in [3.63, 3.8) is 0 Å². The number of carbonyl (C=O) groups is 1. The first-order valence-corrected chi connectivity index (χ1v) is 10.1. The maximum Gasteiger partial charge on any atom is 0.263 e. The third-order valence-corrected chi connectivity index (χ3v) is 6.28. The monoisotopic (exact) mass is 401 g/mol. The second kappa shape index (κ2) is 7.44. The first-order chi connectivity index (χ1) is 13.0. The molecule has 1 N–H and O–H groups in total. The number of nitrogens with zero attached hydrogens (tertiary/aromatic N) is 2. The quantitative estimate of drug-likeness (QED) is 0.682. The van der Waals surface area contributed by atoms with Gasteiger partial charge in [0, 0.05) is 9.90 Å². The molecule has 7 heteroatoms. The van der Waals surface area contributed by atoms with Gasteiger partial charge in [0.25, 0.3) is 5.91 Å². The van der Waals surface area contributed by atoms with Crippen molar-refractivity contribution in [1.29, 1.82) is 0 Å². The van der Waals surface area contributed by atoms with Gasteiger partial charge >= 0.3 is 0 Å². The summed E-state index contributed by atoms with van der Waals surface area (Å²) in [5.74, 6) is 1.61. The van der Waals surface area contributed by atoms with Crippen molar-refractivity contribution in [3.8, 4) is 5.75 Å². The molecule has 2 heterocycles. The van der Waals surface area contributed by atoms with E-state index in [0.29, 0.717) is 22.5 Å². The van der Waals surface area contributed by atoms with E-state index in [2.05, 4.69) is 22.2 Å². The number of amides is 1. The van der Waals surface area contributed by atoms with Gasteiger partial charge in [-0.3, -0.25) is 4.79 Å². The van der Waals surface area contributed by atoms with Crippen molar-refractivity contribution < 1.29 is 9.53 Å². The second-order valence-electron chi connectivity index (χ2n) is 7.00. The molecule has 1 amide bonds. The fourth-order valence-corrected chi connectivity index (χ4v) is 4.87. The van der Waals surface area contributed by atoms with Crippen LogP contribution in [0.2, 0.25) is 5.02 Å². The molecule has 1 aliphatic rings. The summed E-state index contributed by atoms with van der Waals surface area (Å²) in [6.07, 6.45) is 4.78. The molecule has 0 spiro atoms. The van der Waals surface area contributed by atoms with E-state index in [1.807, 2.05) is 13.0 Å². The van der Waals surface area contributed by atoms with E-state index in [9.17, 15) is 4.79 Å². The molecule has 140 valence electrons. The first-order valence-electron chi connectivity index (χ1n) is 8.95. The number of nitrogens with one attached hydrogen (secondary N) is 1. The summed E-state index contributed by atoms with van der Waals surface area (Å²) >= 11 is 7.66. The van der Waals surface area contributed by atoms with E-state index >= 15 is 0 Å². The third kappa shape index (κ3) is 3.77. The van der Waals surface area contributed by atoms with Crippen molar-refractivity contribution in [3.05, 3.63) is 45.6 Å². The highest BCUT2D eigenvalue weighted by Crippen LogP contribution is 2.39. The van der Waals surface area contributed by atoms with Crippen LogP contribution in [0.4, 0.5) is 5.82 Å². The molecule has 0 saturated heterocycles. The molecular weight excluding hydrogens is 382 g/mol. The van der Waals surface area contributed by atoms with Crippen molar-refractivity contribution >= 4 is 44.9 Å². The average Bonchev–Trinajstić information content (AvgIpc) is 3.00. The normalized spacial score (nSPS) is 16.2. The zero-order chi connectivity index (χ0) is 19.0. The van der Waals surface area contributed by atoms with Crippen LogP contribution >= 0.6 is 22.9 Å². The molecule has 0 bridgehead atoms. The van der Waals surface area contributed by atoms with Gasteiger partial charge in [0.05, 0.1) is 5.39 Å². The molecule has 2 aromatic heterocycles. The Morgan fingerprint density at radius 2 is 2.26 bits per heavy atom. The first kappa shape index (κ1) is 18.2. The average molecular weight is 402 g/mol. The Morgan fingerprint density at radius 3 is 3.07 bits per heavy atom. The van der Waals surface area contributed by atoms with Gasteiger partial charge in [-0.25, -0.2) is 9.97 Å². The maximum atomic E-state index is 12.4. The van der Waals surface area contributed by atoms with Gasteiger partial charge in [-0.05, 0) is 61.4 Å². The molecule has 1 atom stereocenters. The fraction of sp³-hybridized carbons (Fsp3) is 0.350. The predicted molar refractivity (Wildman–Crippen MR) is 109 cm³/mol. The van der Waals surface area contributed by atoms with Crippen molar-refractivity contribution in [2.24, 2.45) is 5.92 Å². The van der Waals surface area contributed by atoms with Crippen LogP contribution in [0.5, 0.6) is 5.75 Å². The summed E-state index contributed by atoms with van der Waals surface area (Å²) in [4.78, 5) is 23.5. The molecule has 0 saturated carbocycles. The molecule has 1 aromatic carbocycles. The van der Waals surface area contributed by atoms with E-state index in [1.165, 1.54) is 23.2 Å². The van der Waals surface area contributed by atoms with Crippen LogP contribution in [0.3, 0.4) is 0 Å². The molecule has 27 heavy (non-hydrogen) atoms. The lowest BCUT2D eigenvalue weighted by molar-refractivity contribution is -0.118. The summed E-state index contributed by atoms with van der Waals surface area (Å²) < 4.78 is 5.64. The smallest absolute Gasteiger partial charge is 0.263 e. The molecular formula is C20H20ClN3O2S. The van der Waals surface area contributed by atoms with Gasteiger partial charge in [0.1, 0.15) is 22.7 Å². The summed E-state index contributed by atoms with van der Waals surface area (Å²) in [5, 5.41) is 4.53. The topological polar surface area (TPSA) is 64.1 Å². The van der Waals surface area contributed by atoms with E-state index in [-0.39, 0.29) is 12.5 Å². The van der Waals surface area contributed by atoms with Gasteiger partial charge in [0.2, 0.25) is 0 Å². The third-order valence-electron chi connectivity index (χ3n) is 4.84. The van der Waals surface area contributed by atoms with Gasteiger partial charge in [-0.2, -0.15) is 0 Å². The number of hydrogen-bond acceptors (Lipinski definition) is 5. The number of carbonyl (C=O) groups excluding carboxylic acids is 1. The number of anilines is 1. The lowest BCUT2D eigenvalue weighted by Gasteiger charge is -2.18. The van der Waals surface area contributed by atoms with E-state index in [1.54, 1.807) is 23.5 Å². The Hall–Kier alpha value is -2.18. The van der Waals surface area contributed by atoms with E-state index in [0.717, 1.165) is 28.6 Å². The number of fused-ring (bicyclic) bond motifs is 3. The fourth-order valence-electron chi connectivity index (χ4n) is 3.46. The zero-order valence-electron chi connectivity index (χ0n) is 15.2. The molecule has 1 aliphatic carbocycles. The minimum Gasteiger partial charge on any atom is -0.483 e. The van der Waals surface area contributed by atoms with Crippen molar-refractivity contribution in [2.75, 3.05) is 11.9 Å². The van der Waals surface area contributed by atoms with Crippen LogP contribution < -0.4 is 10.1 Å². The van der Waals surface area contributed by atoms with Gasteiger partial charge < -0.3 is 10.1 Å². The Balaban J connectivity index is 1.53. The lowest BCUT2D eigenvalue weighted by atomic mass is 9.88. The molecule has 0 fully saturated rings. The number of rotatable bonds is 4. The van der Waals surface area contributed by atoms with E-state index < -0.39 is 0 Å². The minimum absolute atomic E-state index is 0.0866. The zero-order valence-corrected chi connectivity index (χ0v) is 16.8. The molecule has 4 rings (SSSR count).